The molecule has 9 heteroatoms. The summed E-state index contributed by atoms with van der Waals surface area (Å²) in [6.07, 6.45) is 0. The molecule has 1 aromatic heterocycles. The zero-order valence-electron chi connectivity index (χ0n) is 18.6. The number of aromatic nitrogens is 2. The number of carbonyl (C=O) groups is 1. The van der Waals surface area contributed by atoms with E-state index in [1.165, 1.54) is 29.8 Å². The summed E-state index contributed by atoms with van der Waals surface area (Å²) in [5, 5.41) is 20.0. The first kappa shape index (κ1) is 22.4. The Balaban J connectivity index is 1.41. The van der Waals surface area contributed by atoms with Gasteiger partial charge in [-0.1, -0.05) is 17.7 Å². The van der Waals surface area contributed by atoms with Gasteiger partial charge in [0.1, 0.15) is 17.5 Å². The highest BCUT2D eigenvalue weighted by Crippen LogP contribution is 2.22. The van der Waals surface area contributed by atoms with E-state index >= 15 is 0 Å². The van der Waals surface area contributed by atoms with Crippen LogP contribution >= 0.6 is 0 Å². The standard InChI is InChI=1S/C25H22N6O3/c1-16-3-7-19(8-4-16)28-23-15-24(27-17(2)26-23)29-20-9-11-21(12-10-20)30-25(32)18-5-13-22(14-6-18)31(33)34/h3-15H,1-2H3,(H,30,32)(H2,26,27,28,29). The van der Waals surface area contributed by atoms with Crippen molar-refractivity contribution in [1.82, 2.24) is 9.97 Å². The van der Waals surface area contributed by atoms with Crippen LogP contribution in [0.3, 0.4) is 0 Å². The van der Waals surface area contributed by atoms with Crippen LogP contribution < -0.4 is 16.0 Å². The van der Waals surface area contributed by atoms with Crippen molar-refractivity contribution in [2.75, 3.05) is 16.0 Å². The van der Waals surface area contributed by atoms with Gasteiger partial charge in [0.25, 0.3) is 11.6 Å². The molecule has 170 valence electrons. The third-order valence-electron chi connectivity index (χ3n) is 4.92. The molecule has 4 rings (SSSR count). The molecule has 3 aromatic carbocycles. The molecule has 0 aliphatic heterocycles. The number of nitro groups is 1. The molecule has 0 unspecified atom stereocenters. The molecule has 0 aliphatic rings. The van der Waals surface area contributed by atoms with Gasteiger partial charge >= 0.3 is 0 Å². The monoisotopic (exact) mass is 454 g/mol. The number of hydrogen-bond acceptors (Lipinski definition) is 7. The lowest BCUT2D eigenvalue weighted by Gasteiger charge is -2.11. The van der Waals surface area contributed by atoms with E-state index in [0.717, 1.165) is 11.4 Å². The first-order chi connectivity index (χ1) is 16.4. The Hall–Kier alpha value is -4.79. The second-order valence-corrected chi connectivity index (χ2v) is 7.64. The first-order valence-corrected chi connectivity index (χ1v) is 10.5. The predicted molar refractivity (Wildman–Crippen MR) is 132 cm³/mol. The van der Waals surface area contributed by atoms with Crippen LogP contribution in [-0.4, -0.2) is 20.8 Å². The zero-order chi connectivity index (χ0) is 24.1. The molecule has 0 radical (unpaired) electrons. The van der Waals surface area contributed by atoms with Crippen molar-refractivity contribution >= 4 is 40.3 Å². The van der Waals surface area contributed by atoms with Crippen molar-refractivity contribution in [3.8, 4) is 0 Å². The summed E-state index contributed by atoms with van der Waals surface area (Å²) in [6.45, 7) is 3.86. The minimum atomic E-state index is -0.506. The summed E-state index contributed by atoms with van der Waals surface area (Å²) in [5.74, 6) is 1.57. The number of amides is 1. The molecule has 0 saturated carbocycles. The van der Waals surface area contributed by atoms with E-state index in [-0.39, 0.29) is 11.6 Å². The lowest BCUT2D eigenvalue weighted by molar-refractivity contribution is -0.384. The number of aryl methyl sites for hydroxylation is 2. The lowest BCUT2D eigenvalue weighted by atomic mass is 10.2. The van der Waals surface area contributed by atoms with Gasteiger partial charge in [-0.15, -0.1) is 0 Å². The molecular formula is C25H22N6O3. The van der Waals surface area contributed by atoms with Crippen molar-refractivity contribution in [3.63, 3.8) is 0 Å². The fourth-order valence-electron chi connectivity index (χ4n) is 3.20. The van der Waals surface area contributed by atoms with Crippen LogP contribution in [0.15, 0.2) is 78.9 Å². The third kappa shape index (κ3) is 5.71. The Morgan fingerprint density at radius 2 is 1.26 bits per heavy atom. The first-order valence-electron chi connectivity index (χ1n) is 10.5. The van der Waals surface area contributed by atoms with E-state index in [9.17, 15) is 14.9 Å². The van der Waals surface area contributed by atoms with Crippen LogP contribution in [-0.2, 0) is 0 Å². The van der Waals surface area contributed by atoms with Crippen LogP contribution in [0.1, 0.15) is 21.7 Å². The second-order valence-electron chi connectivity index (χ2n) is 7.64. The minimum Gasteiger partial charge on any atom is -0.340 e. The molecule has 0 atom stereocenters. The number of non-ortho nitro benzene ring substituents is 1. The third-order valence-corrected chi connectivity index (χ3v) is 4.92. The van der Waals surface area contributed by atoms with E-state index in [1.54, 1.807) is 12.1 Å². The summed E-state index contributed by atoms with van der Waals surface area (Å²) in [5.41, 5.74) is 3.76. The maximum atomic E-state index is 12.4. The average molecular weight is 454 g/mol. The van der Waals surface area contributed by atoms with Gasteiger partial charge in [0, 0.05) is 40.8 Å². The van der Waals surface area contributed by atoms with Crippen molar-refractivity contribution in [2.24, 2.45) is 0 Å². The maximum absolute atomic E-state index is 12.4. The Kier molecular flexibility index (Phi) is 6.45. The van der Waals surface area contributed by atoms with E-state index in [2.05, 4.69) is 25.9 Å². The van der Waals surface area contributed by atoms with Gasteiger partial charge in [-0.25, -0.2) is 9.97 Å². The van der Waals surface area contributed by atoms with Gasteiger partial charge in [0.15, 0.2) is 0 Å². The van der Waals surface area contributed by atoms with E-state index in [4.69, 9.17) is 0 Å². The summed E-state index contributed by atoms with van der Waals surface area (Å²) in [7, 11) is 0. The molecule has 1 heterocycles. The highest BCUT2D eigenvalue weighted by Gasteiger charge is 2.10. The number of nitro benzene ring substituents is 1. The smallest absolute Gasteiger partial charge is 0.269 e. The van der Waals surface area contributed by atoms with Gasteiger partial charge in [-0.05, 0) is 62.4 Å². The lowest BCUT2D eigenvalue weighted by Crippen LogP contribution is -2.11. The minimum absolute atomic E-state index is 0.0656. The van der Waals surface area contributed by atoms with Gasteiger partial charge in [-0.3, -0.25) is 14.9 Å². The quantitative estimate of drug-likeness (QED) is 0.240. The van der Waals surface area contributed by atoms with E-state index in [1.807, 2.05) is 56.3 Å². The SMILES string of the molecule is Cc1ccc(Nc2cc(Nc3ccc(NC(=O)c4ccc([N+](=O)[O-])cc4)cc3)nc(C)n2)cc1. The molecule has 3 N–H and O–H groups in total. The number of nitrogens with one attached hydrogen (secondary N) is 3. The molecule has 0 bridgehead atoms. The van der Waals surface area contributed by atoms with Gasteiger partial charge in [0.2, 0.25) is 0 Å². The van der Waals surface area contributed by atoms with Crippen molar-refractivity contribution in [3.05, 3.63) is 106 Å². The van der Waals surface area contributed by atoms with Crippen LogP contribution in [0.5, 0.6) is 0 Å². The van der Waals surface area contributed by atoms with Crippen molar-refractivity contribution in [1.29, 1.82) is 0 Å². The van der Waals surface area contributed by atoms with Gasteiger partial charge in [-0.2, -0.15) is 0 Å². The molecular weight excluding hydrogens is 432 g/mol. The Labute approximate surface area is 196 Å². The fourth-order valence-corrected chi connectivity index (χ4v) is 3.20. The Morgan fingerprint density at radius 1 is 0.765 bits per heavy atom. The number of hydrogen-bond donors (Lipinski definition) is 3. The molecule has 0 spiro atoms. The Morgan fingerprint density at radius 3 is 1.79 bits per heavy atom. The van der Waals surface area contributed by atoms with E-state index in [0.29, 0.717) is 28.7 Å². The van der Waals surface area contributed by atoms with Gasteiger partial charge < -0.3 is 16.0 Å². The number of nitrogens with zero attached hydrogens (tertiary/aromatic N) is 3. The van der Waals surface area contributed by atoms with Crippen molar-refractivity contribution in [2.45, 2.75) is 13.8 Å². The number of anilines is 5. The zero-order valence-corrected chi connectivity index (χ0v) is 18.6. The number of rotatable bonds is 7. The van der Waals surface area contributed by atoms with Crippen LogP contribution in [0.4, 0.5) is 34.4 Å². The highest BCUT2D eigenvalue weighted by molar-refractivity contribution is 6.04. The average Bonchev–Trinajstić information content (AvgIpc) is 2.81. The molecule has 0 saturated heterocycles. The number of carbonyl (C=O) groups excluding carboxylic acids is 1. The van der Waals surface area contributed by atoms with Crippen molar-refractivity contribution < 1.29 is 9.72 Å². The fraction of sp³-hybridized carbons (Fsp3) is 0.0800. The summed E-state index contributed by atoms with van der Waals surface area (Å²) >= 11 is 0. The molecule has 4 aromatic rings. The highest BCUT2D eigenvalue weighted by atomic mass is 16.6. The maximum Gasteiger partial charge on any atom is 0.269 e. The molecule has 1 amide bonds. The van der Waals surface area contributed by atoms with Crippen LogP contribution in [0, 0.1) is 24.0 Å². The second kappa shape index (κ2) is 9.78. The largest absolute Gasteiger partial charge is 0.340 e. The Bertz CT molecular complexity index is 1320. The molecule has 0 aliphatic carbocycles. The number of benzene rings is 3. The van der Waals surface area contributed by atoms with E-state index < -0.39 is 4.92 Å². The summed E-state index contributed by atoms with van der Waals surface area (Å²) in [4.78, 5) is 31.5. The molecule has 0 fully saturated rings. The van der Waals surface area contributed by atoms with Crippen LogP contribution in [0.2, 0.25) is 0 Å². The molecule has 34 heavy (non-hydrogen) atoms. The normalized spacial score (nSPS) is 10.4. The summed E-state index contributed by atoms with van der Waals surface area (Å²) in [6, 6.07) is 22.4. The summed E-state index contributed by atoms with van der Waals surface area (Å²) < 4.78 is 0. The van der Waals surface area contributed by atoms with Crippen LogP contribution in [0.25, 0.3) is 0 Å². The molecule has 9 nitrogen and oxygen atoms in total. The van der Waals surface area contributed by atoms with Gasteiger partial charge in [0.05, 0.1) is 4.92 Å². The predicted octanol–water partition coefficient (Wildman–Crippen LogP) is 5.74. The topological polar surface area (TPSA) is 122 Å².